The maximum absolute atomic E-state index is 13.1. The Morgan fingerprint density at radius 2 is 2.06 bits per heavy atom. The van der Waals surface area contributed by atoms with E-state index in [0.717, 1.165) is 27.6 Å². The molecular formula is C24H25ClN4O3S. The van der Waals surface area contributed by atoms with Gasteiger partial charge in [0.1, 0.15) is 5.56 Å². The van der Waals surface area contributed by atoms with Crippen molar-refractivity contribution in [3.63, 3.8) is 0 Å². The number of fused-ring (bicyclic) bond motifs is 1. The topological polar surface area (TPSA) is 77.6 Å². The van der Waals surface area contributed by atoms with Crippen LogP contribution in [0.15, 0.2) is 46.7 Å². The number of ether oxygens (including phenoxy) is 1. The van der Waals surface area contributed by atoms with Crippen LogP contribution in [-0.4, -0.2) is 27.0 Å². The molecule has 0 aliphatic heterocycles. The quantitative estimate of drug-likeness (QED) is 0.407. The van der Waals surface area contributed by atoms with Crippen LogP contribution in [0.3, 0.4) is 0 Å². The number of halogens is 1. The van der Waals surface area contributed by atoms with Gasteiger partial charge in [-0.2, -0.15) is 0 Å². The van der Waals surface area contributed by atoms with Crippen molar-refractivity contribution in [2.24, 2.45) is 0 Å². The smallest absolute Gasteiger partial charge is 0.257 e. The molecule has 0 spiro atoms. The van der Waals surface area contributed by atoms with Gasteiger partial charge < -0.3 is 14.6 Å². The first-order chi connectivity index (χ1) is 15.9. The molecule has 4 rings (SSSR count). The van der Waals surface area contributed by atoms with Gasteiger partial charge in [0.05, 0.1) is 24.5 Å². The number of nitrogens with zero attached hydrogens (tertiary/aromatic N) is 3. The molecule has 0 aliphatic rings. The van der Waals surface area contributed by atoms with Crippen LogP contribution >= 0.6 is 22.9 Å². The Balaban J connectivity index is 1.59. The van der Waals surface area contributed by atoms with Crippen molar-refractivity contribution in [2.45, 2.75) is 40.0 Å². The zero-order valence-electron chi connectivity index (χ0n) is 18.7. The molecule has 172 valence electrons. The minimum Gasteiger partial charge on any atom is -0.378 e. The van der Waals surface area contributed by atoms with Crippen LogP contribution in [0.5, 0.6) is 0 Å². The highest BCUT2D eigenvalue weighted by molar-refractivity contribution is 7.15. The number of hydrogen-bond acceptors (Lipinski definition) is 5. The number of methoxy groups -OCH3 is 1. The van der Waals surface area contributed by atoms with E-state index in [1.165, 1.54) is 6.07 Å². The number of amides is 1. The number of imidazole rings is 1. The van der Waals surface area contributed by atoms with Crippen LogP contribution in [0, 0.1) is 13.8 Å². The van der Waals surface area contributed by atoms with Crippen molar-refractivity contribution in [1.82, 2.24) is 19.3 Å². The number of nitrogens with one attached hydrogen (secondary N) is 1. The van der Waals surface area contributed by atoms with Crippen LogP contribution in [0.2, 0.25) is 5.02 Å². The third-order valence-corrected chi connectivity index (χ3v) is 6.71. The van der Waals surface area contributed by atoms with E-state index < -0.39 is 5.91 Å². The monoisotopic (exact) mass is 484 g/mol. The third kappa shape index (κ3) is 5.03. The normalized spacial score (nSPS) is 11.3. The lowest BCUT2D eigenvalue weighted by Crippen LogP contribution is -2.33. The fraction of sp³-hybridized carbons (Fsp3) is 0.292. The van der Waals surface area contributed by atoms with Gasteiger partial charge >= 0.3 is 0 Å². The molecule has 1 N–H and O–H groups in total. The van der Waals surface area contributed by atoms with E-state index in [1.807, 2.05) is 58.7 Å². The number of benzene rings is 1. The summed E-state index contributed by atoms with van der Waals surface area (Å²) in [7, 11) is 1.55. The number of aromatic nitrogens is 3. The van der Waals surface area contributed by atoms with Gasteiger partial charge in [-0.15, -0.1) is 11.3 Å². The summed E-state index contributed by atoms with van der Waals surface area (Å²) in [5, 5.41) is 5.56. The van der Waals surface area contributed by atoms with E-state index in [0.29, 0.717) is 23.7 Å². The lowest BCUT2D eigenvalue weighted by molar-refractivity contribution is 0.0941. The first kappa shape index (κ1) is 23.2. The minimum absolute atomic E-state index is 0.103. The van der Waals surface area contributed by atoms with Crippen molar-refractivity contribution in [1.29, 1.82) is 0 Å². The Hall–Kier alpha value is -2.94. The second-order valence-corrected chi connectivity index (χ2v) is 9.15. The van der Waals surface area contributed by atoms with Crippen molar-refractivity contribution in [2.75, 3.05) is 7.11 Å². The maximum Gasteiger partial charge on any atom is 0.257 e. The molecule has 7 nitrogen and oxygen atoms in total. The van der Waals surface area contributed by atoms with Crippen LogP contribution in [-0.2, 0) is 30.9 Å². The van der Waals surface area contributed by atoms with Crippen LogP contribution in [0.1, 0.15) is 38.7 Å². The molecule has 0 saturated heterocycles. The first-order valence-corrected chi connectivity index (χ1v) is 11.8. The zero-order chi connectivity index (χ0) is 23.5. The fourth-order valence-electron chi connectivity index (χ4n) is 3.89. The Bertz CT molecular complexity index is 1370. The zero-order valence-corrected chi connectivity index (χ0v) is 20.3. The molecule has 3 aromatic heterocycles. The number of hydrogen-bond donors (Lipinski definition) is 1. The molecule has 1 aromatic carbocycles. The van der Waals surface area contributed by atoms with Crippen LogP contribution in [0.25, 0.3) is 4.96 Å². The molecule has 0 saturated carbocycles. The minimum atomic E-state index is -0.434. The average molecular weight is 485 g/mol. The molecule has 9 heteroatoms. The largest absolute Gasteiger partial charge is 0.378 e. The summed E-state index contributed by atoms with van der Waals surface area (Å²) in [5.74, 6) is -0.434. The molecule has 0 unspecified atom stereocenters. The molecule has 4 aromatic rings. The number of pyridine rings is 1. The lowest BCUT2D eigenvalue weighted by atomic mass is 10.1. The van der Waals surface area contributed by atoms with E-state index in [9.17, 15) is 9.59 Å². The summed E-state index contributed by atoms with van der Waals surface area (Å²) >= 11 is 7.66. The maximum atomic E-state index is 13.1. The Kier molecular flexibility index (Phi) is 6.97. The fourth-order valence-corrected chi connectivity index (χ4v) is 4.97. The molecule has 3 heterocycles. The second kappa shape index (κ2) is 9.91. The number of aryl methyl sites for hydroxylation is 3. The molecule has 0 aliphatic carbocycles. The highest BCUT2D eigenvalue weighted by Gasteiger charge is 2.20. The van der Waals surface area contributed by atoms with Gasteiger partial charge in [0, 0.05) is 47.7 Å². The highest BCUT2D eigenvalue weighted by Crippen LogP contribution is 2.17. The van der Waals surface area contributed by atoms with E-state index in [2.05, 4.69) is 10.3 Å². The van der Waals surface area contributed by atoms with Crippen molar-refractivity contribution in [3.8, 4) is 0 Å². The first-order valence-electron chi connectivity index (χ1n) is 10.5. The number of rotatable bonds is 8. The van der Waals surface area contributed by atoms with Crippen LogP contribution < -0.4 is 10.7 Å². The Morgan fingerprint density at radius 3 is 2.79 bits per heavy atom. The SMILES string of the molecule is COCc1c(C(=O)NCc2cn3c(C)csc3n2)c(=O)cc(C)n1CCc1cccc(Cl)c1. The molecule has 33 heavy (non-hydrogen) atoms. The molecule has 0 atom stereocenters. The molecule has 1 amide bonds. The number of carbonyl (C=O) groups is 1. The van der Waals surface area contributed by atoms with Gasteiger partial charge in [-0.25, -0.2) is 4.98 Å². The second-order valence-electron chi connectivity index (χ2n) is 7.88. The van der Waals surface area contributed by atoms with Gasteiger partial charge in [0.15, 0.2) is 10.4 Å². The molecular weight excluding hydrogens is 460 g/mol. The van der Waals surface area contributed by atoms with Gasteiger partial charge in [-0.1, -0.05) is 23.7 Å². The highest BCUT2D eigenvalue weighted by atomic mass is 35.5. The predicted molar refractivity (Wildman–Crippen MR) is 130 cm³/mol. The van der Waals surface area contributed by atoms with Gasteiger partial charge in [-0.3, -0.25) is 14.0 Å². The van der Waals surface area contributed by atoms with Crippen molar-refractivity contribution >= 4 is 33.8 Å². The average Bonchev–Trinajstić information content (AvgIpc) is 3.33. The predicted octanol–water partition coefficient (Wildman–Crippen LogP) is 4.15. The third-order valence-electron chi connectivity index (χ3n) is 5.52. The number of thiazole rings is 1. The number of carbonyl (C=O) groups excluding carboxylic acids is 1. The molecule has 0 bridgehead atoms. The summed E-state index contributed by atoms with van der Waals surface area (Å²) < 4.78 is 9.32. The standard InChI is InChI=1S/C24H25ClN4O3S/c1-15-9-21(30)22(23(31)26-11-19-12-29-16(2)14-33-24(29)27-19)20(13-32-3)28(15)8-7-17-5-4-6-18(25)10-17/h4-6,9-10,12,14H,7-8,11,13H2,1-3H3,(H,26,31). The van der Waals surface area contributed by atoms with Crippen molar-refractivity contribution in [3.05, 3.63) is 91.1 Å². The Labute approximate surface area is 200 Å². The van der Waals surface area contributed by atoms with Gasteiger partial charge in [-0.05, 0) is 38.0 Å². The summed E-state index contributed by atoms with van der Waals surface area (Å²) in [6.07, 6.45) is 2.60. The van der Waals surface area contributed by atoms with Crippen molar-refractivity contribution < 1.29 is 9.53 Å². The van der Waals surface area contributed by atoms with Crippen LogP contribution in [0.4, 0.5) is 0 Å². The lowest BCUT2D eigenvalue weighted by Gasteiger charge is -2.19. The molecule has 0 radical (unpaired) electrons. The Morgan fingerprint density at radius 1 is 1.24 bits per heavy atom. The summed E-state index contributed by atoms with van der Waals surface area (Å²) in [6.45, 7) is 4.83. The summed E-state index contributed by atoms with van der Waals surface area (Å²) in [6, 6.07) is 9.17. The molecule has 0 fully saturated rings. The van der Waals surface area contributed by atoms with E-state index in [-0.39, 0.29) is 24.1 Å². The van der Waals surface area contributed by atoms with E-state index >= 15 is 0 Å². The summed E-state index contributed by atoms with van der Waals surface area (Å²) in [5.41, 5.74) is 4.01. The van der Waals surface area contributed by atoms with E-state index in [1.54, 1.807) is 18.4 Å². The van der Waals surface area contributed by atoms with Gasteiger partial charge in [0.25, 0.3) is 5.91 Å². The summed E-state index contributed by atoms with van der Waals surface area (Å²) in [4.78, 5) is 31.3. The van der Waals surface area contributed by atoms with Gasteiger partial charge in [0.2, 0.25) is 0 Å². The van der Waals surface area contributed by atoms with E-state index in [4.69, 9.17) is 16.3 Å².